The van der Waals surface area contributed by atoms with Gasteiger partial charge in [-0.15, -0.1) is 0 Å². The summed E-state index contributed by atoms with van der Waals surface area (Å²) in [6.45, 7) is 0.964. The SMILES string of the molecule is NC(CC1CCCCO1)CC1CC2CCC1C2. The van der Waals surface area contributed by atoms with Crippen molar-refractivity contribution in [1.82, 2.24) is 0 Å². The minimum absolute atomic E-state index is 0.391. The summed E-state index contributed by atoms with van der Waals surface area (Å²) in [4.78, 5) is 0. The molecule has 3 fully saturated rings. The van der Waals surface area contributed by atoms with E-state index in [4.69, 9.17) is 10.5 Å². The van der Waals surface area contributed by atoms with E-state index in [1.807, 2.05) is 0 Å². The van der Waals surface area contributed by atoms with E-state index in [-0.39, 0.29) is 0 Å². The molecule has 1 heterocycles. The zero-order valence-corrected chi connectivity index (χ0v) is 10.9. The molecule has 0 spiro atoms. The van der Waals surface area contributed by atoms with Crippen molar-refractivity contribution in [2.45, 2.75) is 69.9 Å². The summed E-state index contributed by atoms with van der Waals surface area (Å²) in [7, 11) is 0. The number of rotatable bonds is 4. The van der Waals surface area contributed by atoms with Gasteiger partial charge in [-0.25, -0.2) is 0 Å². The van der Waals surface area contributed by atoms with Crippen molar-refractivity contribution in [2.24, 2.45) is 23.5 Å². The van der Waals surface area contributed by atoms with E-state index in [0.717, 1.165) is 30.8 Å². The van der Waals surface area contributed by atoms with Crippen LogP contribution in [0, 0.1) is 17.8 Å². The molecule has 3 rings (SSSR count). The summed E-state index contributed by atoms with van der Waals surface area (Å²) in [5, 5.41) is 0. The van der Waals surface area contributed by atoms with Crippen molar-refractivity contribution in [3.05, 3.63) is 0 Å². The van der Waals surface area contributed by atoms with Crippen molar-refractivity contribution >= 4 is 0 Å². The second-order valence-corrected chi connectivity index (χ2v) is 6.66. The van der Waals surface area contributed by atoms with Crippen LogP contribution in [0.2, 0.25) is 0 Å². The lowest BCUT2D eigenvalue weighted by atomic mass is 9.83. The zero-order chi connectivity index (χ0) is 11.7. The maximum atomic E-state index is 6.34. The molecule has 2 saturated carbocycles. The summed E-state index contributed by atoms with van der Waals surface area (Å²) in [5.41, 5.74) is 6.34. The van der Waals surface area contributed by atoms with Gasteiger partial charge < -0.3 is 10.5 Å². The number of nitrogens with two attached hydrogens (primary N) is 1. The molecule has 2 nitrogen and oxygen atoms in total. The minimum Gasteiger partial charge on any atom is -0.378 e. The Bertz CT molecular complexity index is 249. The molecule has 5 unspecified atom stereocenters. The van der Waals surface area contributed by atoms with Gasteiger partial charge in [-0.05, 0) is 69.1 Å². The van der Waals surface area contributed by atoms with Crippen LogP contribution in [0.1, 0.15) is 57.8 Å². The highest BCUT2D eigenvalue weighted by molar-refractivity contribution is 4.91. The fraction of sp³-hybridized carbons (Fsp3) is 1.00. The van der Waals surface area contributed by atoms with Crippen molar-refractivity contribution < 1.29 is 4.74 Å². The van der Waals surface area contributed by atoms with Crippen molar-refractivity contribution in [3.8, 4) is 0 Å². The van der Waals surface area contributed by atoms with Gasteiger partial charge >= 0.3 is 0 Å². The Hall–Kier alpha value is -0.0800. The fourth-order valence-corrected chi connectivity index (χ4v) is 4.48. The van der Waals surface area contributed by atoms with E-state index in [9.17, 15) is 0 Å². The van der Waals surface area contributed by atoms with Gasteiger partial charge in [-0.2, -0.15) is 0 Å². The third kappa shape index (κ3) is 2.85. The largest absolute Gasteiger partial charge is 0.378 e. The third-order valence-corrected chi connectivity index (χ3v) is 5.33. The maximum absolute atomic E-state index is 6.34. The second kappa shape index (κ2) is 5.27. The quantitative estimate of drug-likeness (QED) is 0.815. The van der Waals surface area contributed by atoms with E-state index in [1.165, 1.54) is 51.4 Å². The molecule has 2 N–H and O–H groups in total. The first-order valence-corrected chi connectivity index (χ1v) is 7.68. The number of fused-ring (bicyclic) bond motifs is 2. The van der Waals surface area contributed by atoms with Gasteiger partial charge in [-0.1, -0.05) is 6.42 Å². The van der Waals surface area contributed by atoms with E-state index < -0.39 is 0 Å². The van der Waals surface area contributed by atoms with E-state index in [1.54, 1.807) is 0 Å². The Kier molecular flexibility index (Phi) is 3.72. The lowest BCUT2D eigenvalue weighted by Gasteiger charge is -2.28. The highest BCUT2D eigenvalue weighted by atomic mass is 16.5. The molecule has 17 heavy (non-hydrogen) atoms. The lowest BCUT2D eigenvalue weighted by molar-refractivity contribution is 0.00571. The Balaban J connectivity index is 1.42. The van der Waals surface area contributed by atoms with Crippen LogP contribution < -0.4 is 5.73 Å². The molecule has 3 aliphatic rings. The number of ether oxygens (including phenoxy) is 1. The average Bonchev–Trinajstić information content (AvgIpc) is 2.92. The summed E-state index contributed by atoms with van der Waals surface area (Å²) in [6.07, 6.45) is 12.6. The van der Waals surface area contributed by atoms with Crippen LogP contribution in [0.15, 0.2) is 0 Å². The van der Waals surface area contributed by atoms with Crippen LogP contribution in [0.5, 0.6) is 0 Å². The van der Waals surface area contributed by atoms with E-state index >= 15 is 0 Å². The van der Waals surface area contributed by atoms with Crippen LogP contribution >= 0.6 is 0 Å². The average molecular weight is 237 g/mol. The number of hydrogen-bond acceptors (Lipinski definition) is 2. The smallest absolute Gasteiger partial charge is 0.0589 e. The Labute approximate surface area is 105 Å². The molecule has 1 saturated heterocycles. The molecule has 2 heteroatoms. The molecule has 98 valence electrons. The van der Waals surface area contributed by atoms with Gasteiger partial charge in [0.25, 0.3) is 0 Å². The molecule has 0 aromatic heterocycles. The monoisotopic (exact) mass is 237 g/mol. The first-order valence-electron chi connectivity index (χ1n) is 7.68. The van der Waals surface area contributed by atoms with E-state index in [2.05, 4.69) is 0 Å². The molecule has 0 amide bonds. The normalized spacial score (nSPS) is 42.9. The molecule has 5 atom stereocenters. The summed E-state index contributed by atoms with van der Waals surface area (Å²) >= 11 is 0. The molecule has 1 aliphatic heterocycles. The first kappa shape index (κ1) is 12.0. The molecule has 2 aliphatic carbocycles. The predicted molar refractivity (Wildman–Crippen MR) is 69.7 cm³/mol. The molecule has 2 bridgehead atoms. The van der Waals surface area contributed by atoms with Gasteiger partial charge in [-0.3, -0.25) is 0 Å². The maximum Gasteiger partial charge on any atom is 0.0589 e. The zero-order valence-electron chi connectivity index (χ0n) is 10.9. The third-order valence-electron chi connectivity index (χ3n) is 5.33. The standard InChI is InChI=1S/C15H27NO/c16-14(10-15-3-1-2-6-17-15)9-13-8-11-4-5-12(13)7-11/h11-15H,1-10,16H2. The highest BCUT2D eigenvalue weighted by Crippen LogP contribution is 2.49. The van der Waals surface area contributed by atoms with Crippen molar-refractivity contribution in [1.29, 1.82) is 0 Å². The van der Waals surface area contributed by atoms with Gasteiger partial charge in [0.05, 0.1) is 6.10 Å². The van der Waals surface area contributed by atoms with E-state index in [0.29, 0.717) is 12.1 Å². The molecule has 0 radical (unpaired) electrons. The Morgan fingerprint density at radius 1 is 1.06 bits per heavy atom. The van der Waals surface area contributed by atoms with Gasteiger partial charge in [0.15, 0.2) is 0 Å². The van der Waals surface area contributed by atoms with Crippen molar-refractivity contribution in [2.75, 3.05) is 6.61 Å². The van der Waals surface area contributed by atoms with Crippen LogP contribution in [-0.4, -0.2) is 18.8 Å². The molecule has 0 aromatic rings. The molecule has 0 aromatic carbocycles. The topological polar surface area (TPSA) is 35.2 Å². The van der Waals surface area contributed by atoms with Gasteiger partial charge in [0.1, 0.15) is 0 Å². The van der Waals surface area contributed by atoms with Crippen LogP contribution in [0.3, 0.4) is 0 Å². The number of hydrogen-bond donors (Lipinski definition) is 1. The minimum atomic E-state index is 0.391. The van der Waals surface area contributed by atoms with Gasteiger partial charge in [0.2, 0.25) is 0 Å². The van der Waals surface area contributed by atoms with Crippen LogP contribution in [-0.2, 0) is 4.74 Å². The highest BCUT2D eigenvalue weighted by Gasteiger charge is 2.39. The van der Waals surface area contributed by atoms with Gasteiger partial charge in [0, 0.05) is 12.6 Å². The Morgan fingerprint density at radius 2 is 2.00 bits per heavy atom. The molecular weight excluding hydrogens is 210 g/mol. The van der Waals surface area contributed by atoms with Crippen LogP contribution in [0.4, 0.5) is 0 Å². The predicted octanol–water partition coefficient (Wildman–Crippen LogP) is 3.10. The summed E-state index contributed by atoms with van der Waals surface area (Å²) in [5.74, 6) is 3.04. The summed E-state index contributed by atoms with van der Waals surface area (Å²) in [6, 6.07) is 0.391. The molecular formula is C15H27NO. The second-order valence-electron chi connectivity index (χ2n) is 6.66. The lowest BCUT2D eigenvalue weighted by Crippen LogP contribution is -2.32. The Morgan fingerprint density at radius 3 is 2.65 bits per heavy atom. The first-order chi connectivity index (χ1) is 8.31. The van der Waals surface area contributed by atoms with Crippen LogP contribution in [0.25, 0.3) is 0 Å². The van der Waals surface area contributed by atoms with Crippen molar-refractivity contribution in [3.63, 3.8) is 0 Å². The fourth-order valence-electron chi connectivity index (χ4n) is 4.48. The summed E-state index contributed by atoms with van der Waals surface area (Å²) < 4.78 is 5.80.